The van der Waals surface area contributed by atoms with Gasteiger partial charge in [-0.25, -0.2) is 0 Å². The van der Waals surface area contributed by atoms with Gasteiger partial charge in [-0.15, -0.1) is 71.3 Å². The smallest absolute Gasteiger partial charge is 0.497 e. The van der Waals surface area contributed by atoms with Crippen molar-refractivity contribution in [2.45, 2.75) is 0 Å². The normalized spacial score (nSPS) is 11.3. The van der Waals surface area contributed by atoms with Crippen LogP contribution in [0.25, 0.3) is 149 Å². The van der Waals surface area contributed by atoms with Crippen molar-refractivity contribution in [1.82, 2.24) is 28.7 Å². The second-order valence-electron chi connectivity index (χ2n) is 22.7. The van der Waals surface area contributed by atoms with Gasteiger partial charge in [0.05, 0.1) is 21.3 Å². The van der Waals surface area contributed by atoms with Gasteiger partial charge >= 0.3 is 20.1 Å². The first kappa shape index (κ1) is 58.7. The Bertz CT molecular complexity index is 5250. The third kappa shape index (κ3) is 10.5. The molecule has 0 amide bonds. The monoisotopic (exact) mass is 1390 g/mol. The van der Waals surface area contributed by atoms with Crippen molar-refractivity contribution < 1.29 is 34.3 Å². The predicted octanol–water partition coefficient (Wildman–Crippen LogP) is 20.4. The largest absolute Gasteiger partial charge is 3.00 e. The molecule has 0 aliphatic rings. The molecule has 12 aromatic carbocycles. The number of rotatable bonds is 9. The van der Waals surface area contributed by atoms with Gasteiger partial charge < -0.3 is 42.9 Å². The SMILES string of the molecule is COc1ccc(-n2c3c[c-]c(-c4nccc5ccccc45)cc3c3ccccc32)cc1.COc1ccc(-n2c3c[c-]c(-c4nccc5ccccc45)cc3c3ccccc32)cc1.COc1ccc(-n2c3c[c-]c(-c4nccc5ccccc45)cc3c3ccccc32)cc1.[Ir+3]. The van der Waals surface area contributed by atoms with Crippen molar-refractivity contribution >= 4 is 97.7 Å². The summed E-state index contributed by atoms with van der Waals surface area (Å²) in [6.45, 7) is 0. The molecular formula is C84H57IrN6O3. The van der Waals surface area contributed by atoms with Crippen LogP contribution in [0.5, 0.6) is 17.2 Å². The molecule has 6 heterocycles. The van der Waals surface area contributed by atoms with Crippen LogP contribution in [0.2, 0.25) is 0 Å². The van der Waals surface area contributed by atoms with Crippen molar-refractivity contribution in [3.8, 4) is 68.1 Å². The maximum absolute atomic E-state index is 5.34. The van der Waals surface area contributed by atoms with E-state index in [0.29, 0.717) is 0 Å². The second-order valence-corrected chi connectivity index (χ2v) is 22.7. The summed E-state index contributed by atoms with van der Waals surface area (Å²) in [5, 5.41) is 14.2. The predicted molar refractivity (Wildman–Crippen MR) is 381 cm³/mol. The summed E-state index contributed by atoms with van der Waals surface area (Å²) in [5.74, 6) is 2.54. The minimum absolute atomic E-state index is 0. The van der Waals surface area contributed by atoms with Gasteiger partial charge in [0.2, 0.25) is 0 Å². The van der Waals surface area contributed by atoms with E-state index in [1.54, 1.807) is 21.3 Å². The molecule has 0 saturated heterocycles. The standard InChI is InChI=1S/3C28H19N2O.Ir/c3*1-31-22-13-11-21(12-14-22)30-26-9-5-4-8-24(26)25-18-20(10-15-27(25)30)28-23-7-3-2-6-19(23)16-17-29-28;/h3*2-9,11-18H,1H3;/q3*-1;+3. The zero-order chi connectivity index (χ0) is 62.4. The summed E-state index contributed by atoms with van der Waals surface area (Å²) >= 11 is 0. The molecule has 0 saturated carbocycles. The van der Waals surface area contributed by atoms with Crippen LogP contribution in [-0.4, -0.2) is 50.0 Å². The number of fused-ring (bicyclic) bond motifs is 12. The molecule has 18 aromatic rings. The Morgan fingerprint density at radius 1 is 0.266 bits per heavy atom. The van der Waals surface area contributed by atoms with Gasteiger partial charge in [-0.05, 0) is 191 Å². The molecule has 0 atom stereocenters. The molecule has 0 radical (unpaired) electrons. The topological polar surface area (TPSA) is 81.1 Å². The van der Waals surface area contributed by atoms with E-state index in [1.165, 1.54) is 65.0 Å². The Hall–Kier alpha value is -11.7. The minimum atomic E-state index is 0. The number of hydrogen-bond donors (Lipinski definition) is 0. The van der Waals surface area contributed by atoms with E-state index < -0.39 is 0 Å². The van der Waals surface area contributed by atoms with Gasteiger partial charge in [0.25, 0.3) is 0 Å². The van der Waals surface area contributed by atoms with Gasteiger partial charge in [0.15, 0.2) is 0 Å². The van der Waals surface area contributed by atoms with E-state index in [2.05, 4.69) is 250 Å². The third-order valence-electron chi connectivity index (χ3n) is 17.6. The van der Waals surface area contributed by atoms with Crippen LogP contribution in [0, 0.1) is 18.2 Å². The van der Waals surface area contributed by atoms with E-state index in [-0.39, 0.29) is 20.1 Å². The van der Waals surface area contributed by atoms with Gasteiger partial charge in [0, 0.05) is 52.2 Å². The first-order valence-corrected chi connectivity index (χ1v) is 30.8. The van der Waals surface area contributed by atoms with Gasteiger partial charge in [0.1, 0.15) is 17.2 Å². The number of aromatic nitrogens is 6. The summed E-state index contributed by atoms with van der Waals surface area (Å²) in [6, 6.07) is 105. The van der Waals surface area contributed by atoms with Crippen molar-refractivity contribution in [3.63, 3.8) is 0 Å². The van der Waals surface area contributed by atoms with Crippen LogP contribution in [-0.2, 0) is 20.1 Å². The van der Waals surface area contributed by atoms with Crippen molar-refractivity contribution in [2.24, 2.45) is 0 Å². The summed E-state index contributed by atoms with van der Waals surface area (Å²) in [5.41, 5.74) is 16.0. The number of nitrogens with zero attached hydrogens (tertiary/aromatic N) is 6. The number of pyridine rings is 3. The minimum Gasteiger partial charge on any atom is -0.497 e. The molecule has 0 aliphatic heterocycles. The molecule has 450 valence electrons. The maximum atomic E-state index is 5.34. The fourth-order valence-corrected chi connectivity index (χ4v) is 13.2. The third-order valence-corrected chi connectivity index (χ3v) is 17.6. The molecule has 0 N–H and O–H groups in total. The van der Waals surface area contributed by atoms with E-state index in [9.17, 15) is 0 Å². The molecule has 0 spiro atoms. The fraction of sp³-hybridized carbons (Fsp3) is 0.0357. The Balaban J connectivity index is 0.000000116. The van der Waals surface area contributed by atoms with E-state index in [4.69, 9.17) is 29.2 Å². The van der Waals surface area contributed by atoms with Gasteiger partial charge in [-0.1, -0.05) is 144 Å². The summed E-state index contributed by atoms with van der Waals surface area (Å²) in [6.07, 6.45) is 5.61. The molecule has 10 heteroatoms. The Morgan fingerprint density at radius 3 is 0.798 bits per heavy atom. The zero-order valence-corrected chi connectivity index (χ0v) is 53.8. The molecule has 6 aromatic heterocycles. The molecule has 0 aliphatic carbocycles. The van der Waals surface area contributed by atoms with Crippen LogP contribution >= 0.6 is 0 Å². The van der Waals surface area contributed by atoms with Crippen LogP contribution in [0.4, 0.5) is 0 Å². The van der Waals surface area contributed by atoms with Crippen LogP contribution < -0.4 is 14.2 Å². The Labute approximate surface area is 556 Å². The average molecular weight is 1390 g/mol. The van der Waals surface area contributed by atoms with E-state index in [0.717, 1.165) is 101 Å². The number of benzene rings is 12. The average Bonchev–Trinajstić information content (AvgIpc) is 1.61. The molecule has 18 rings (SSSR count). The Kier molecular flexibility index (Phi) is 15.7. The fourth-order valence-electron chi connectivity index (χ4n) is 13.2. The van der Waals surface area contributed by atoms with Crippen LogP contribution in [0.1, 0.15) is 0 Å². The first-order valence-electron chi connectivity index (χ1n) is 30.8. The van der Waals surface area contributed by atoms with Crippen LogP contribution in [0.15, 0.2) is 292 Å². The first-order chi connectivity index (χ1) is 46.0. The summed E-state index contributed by atoms with van der Waals surface area (Å²) in [7, 11) is 5.06. The Morgan fingerprint density at radius 2 is 0.521 bits per heavy atom. The van der Waals surface area contributed by atoms with Gasteiger partial charge in [-0.3, -0.25) is 0 Å². The number of hydrogen-bond acceptors (Lipinski definition) is 6. The molecule has 0 unspecified atom stereocenters. The van der Waals surface area contributed by atoms with E-state index in [1.807, 2.05) is 73.2 Å². The molecule has 9 nitrogen and oxygen atoms in total. The van der Waals surface area contributed by atoms with Crippen LogP contribution in [0.3, 0.4) is 0 Å². The molecule has 0 fully saturated rings. The van der Waals surface area contributed by atoms with Crippen molar-refractivity contribution in [1.29, 1.82) is 0 Å². The number of para-hydroxylation sites is 3. The number of methoxy groups -OCH3 is 3. The van der Waals surface area contributed by atoms with Crippen molar-refractivity contribution in [2.75, 3.05) is 21.3 Å². The quantitative estimate of drug-likeness (QED) is 0.134. The number of ether oxygens (including phenoxy) is 3. The molecular weight excluding hydrogens is 1330 g/mol. The molecule has 0 bridgehead atoms. The second kappa shape index (κ2) is 25.2. The maximum Gasteiger partial charge on any atom is 3.00 e. The zero-order valence-electron chi connectivity index (χ0n) is 51.5. The summed E-state index contributed by atoms with van der Waals surface area (Å²) in [4.78, 5) is 14.1. The van der Waals surface area contributed by atoms with E-state index >= 15 is 0 Å². The van der Waals surface area contributed by atoms with Gasteiger partial charge in [-0.2, -0.15) is 0 Å². The summed E-state index contributed by atoms with van der Waals surface area (Å²) < 4.78 is 22.9. The molecule has 94 heavy (non-hydrogen) atoms. The van der Waals surface area contributed by atoms with Crippen molar-refractivity contribution in [3.05, 3.63) is 310 Å².